The Hall–Kier alpha value is -2.08. The normalized spacial score (nSPS) is 12.0. The van der Waals surface area contributed by atoms with Crippen LogP contribution in [0.4, 0.5) is 11.5 Å². The standard InChI is InChI=1S/C15H19N3O2S/c1-10(9-11-5-4-8-21-11)18(2)14-12(16)6-7-13(17-14)15(19)20-3/h4-8,10H,9,16H2,1-3H3. The molecule has 0 aliphatic heterocycles. The number of hydrogen-bond acceptors (Lipinski definition) is 6. The first kappa shape index (κ1) is 15.3. The third-order valence-corrected chi connectivity index (χ3v) is 4.27. The van der Waals surface area contributed by atoms with E-state index in [2.05, 4.69) is 23.4 Å². The Labute approximate surface area is 128 Å². The first-order valence-electron chi connectivity index (χ1n) is 6.63. The molecule has 21 heavy (non-hydrogen) atoms. The van der Waals surface area contributed by atoms with Crippen LogP contribution in [0.5, 0.6) is 0 Å². The summed E-state index contributed by atoms with van der Waals surface area (Å²) in [5.74, 6) is 0.137. The SMILES string of the molecule is COC(=O)c1ccc(N)c(N(C)C(C)Cc2cccs2)n1. The van der Waals surface area contributed by atoms with E-state index < -0.39 is 5.97 Å². The van der Waals surface area contributed by atoms with Gasteiger partial charge in [0.25, 0.3) is 0 Å². The van der Waals surface area contributed by atoms with Crippen molar-refractivity contribution in [1.29, 1.82) is 0 Å². The molecule has 5 nitrogen and oxygen atoms in total. The van der Waals surface area contributed by atoms with Gasteiger partial charge in [0.2, 0.25) is 0 Å². The molecule has 0 aromatic carbocycles. The number of nitrogen functional groups attached to an aromatic ring is 1. The van der Waals surface area contributed by atoms with Crippen LogP contribution < -0.4 is 10.6 Å². The minimum absolute atomic E-state index is 0.214. The van der Waals surface area contributed by atoms with Gasteiger partial charge in [-0.1, -0.05) is 6.07 Å². The minimum Gasteiger partial charge on any atom is -0.464 e. The van der Waals surface area contributed by atoms with Crippen molar-refractivity contribution in [3.63, 3.8) is 0 Å². The van der Waals surface area contributed by atoms with Crippen molar-refractivity contribution in [2.24, 2.45) is 0 Å². The molecule has 2 aromatic heterocycles. The number of pyridine rings is 1. The molecule has 0 bridgehead atoms. The zero-order valence-corrected chi connectivity index (χ0v) is 13.2. The van der Waals surface area contributed by atoms with Gasteiger partial charge in [0.15, 0.2) is 11.5 Å². The van der Waals surface area contributed by atoms with Gasteiger partial charge in [0.05, 0.1) is 12.8 Å². The molecule has 112 valence electrons. The van der Waals surface area contributed by atoms with E-state index in [1.165, 1.54) is 12.0 Å². The largest absolute Gasteiger partial charge is 0.464 e. The second-order valence-corrected chi connectivity index (χ2v) is 5.88. The van der Waals surface area contributed by atoms with Gasteiger partial charge in [-0.2, -0.15) is 0 Å². The highest BCUT2D eigenvalue weighted by Crippen LogP contribution is 2.24. The summed E-state index contributed by atoms with van der Waals surface area (Å²) in [7, 11) is 3.27. The summed E-state index contributed by atoms with van der Waals surface area (Å²) in [6.45, 7) is 2.10. The van der Waals surface area contributed by atoms with Crippen LogP contribution in [0, 0.1) is 0 Å². The molecule has 2 aromatic rings. The average molecular weight is 305 g/mol. The molecule has 0 fully saturated rings. The Balaban J connectivity index is 2.21. The van der Waals surface area contributed by atoms with E-state index in [-0.39, 0.29) is 11.7 Å². The lowest BCUT2D eigenvalue weighted by Gasteiger charge is -2.27. The molecule has 0 amide bonds. The fraction of sp³-hybridized carbons (Fsp3) is 0.333. The lowest BCUT2D eigenvalue weighted by Crippen LogP contribution is -2.32. The quantitative estimate of drug-likeness (QED) is 0.860. The number of rotatable bonds is 5. The van der Waals surface area contributed by atoms with Crippen LogP contribution in [-0.4, -0.2) is 31.2 Å². The predicted octanol–water partition coefficient (Wildman–Crippen LogP) is 2.58. The number of nitrogens with zero attached hydrogens (tertiary/aromatic N) is 2. The van der Waals surface area contributed by atoms with Gasteiger partial charge in [-0.05, 0) is 30.5 Å². The molecule has 2 rings (SSSR count). The van der Waals surface area contributed by atoms with E-state index in [1.54, 1.807) is 23.5 Å². The number of carbonyl (C=O) groups is 1. The maximum absolute atomic E-state index is 11.6. The second-order valence-electron chi connectivity index (χ2n) is 4.84. The monoisotopic (exact) mass is 305 g/mol. The van der Waals surface area contributed by atoms with Gasteiger partial charge in [-0.25, -0.2) is 9.78 Å². The number of carbonyl (C=O) groups excluding carboxylic acids is 1. The molecular weight excluding hydrogens is 286 g/mol. The Kier molecular flexibility index (Phi) is 4.80. The van der Waals surface area contributed by atoms with Crippen LogP contribution in [0.2, 0.25) is 0 Å². The number of hydrogen-bond donors (Lipinski definition) is 1. The first-order chi connectivity index (χ1) is 10.0. The minimum atomic E-state index is -0.462. The van der Waals surface area contributed by atoms with E-state index >= 15 is 0 Å². The summed E-state index contributed by atoms with van der Waals surface area (Å²) in [5, 5.41) is 2.06. The van der Waals surface area contributed by atoms with Crippen molar-refractivity contribution in [1.82, 2.24) is 4.98 Å². The lowest BCUT2D eigenvalue weighted by molar-refractivity contribution is 0.0594. The van der Waals surface area contributed by atoms with Gasteiger partial charge in [-0.3, -0.25) is 0 Å². The fourth-order valence-corrected chi connectivity index (χ4v) is 2.85. The number of aromatic nitrogens is 1. The molecule has 2 heterocycles. The summed E-state index contributed by atoms with van der Waals surface area (Å²) >= 11 is 1.73. The Morgan fingerprint density at radius 1 is 1.48 bits per heavy atom. The number of likely N-dealkylation sites (N-methyl/N-ethyl adjacent to an activating group) is 1. The Morgan fingerprint density at radius 3 is 2.86 bits per heavy atom. The van der Waals surface area contributed by atoms with Crippen molar-refractivity contribution in [2.75, 3.05) is 24.8 Å². The molecule has 2 N–H and O–H groups in total. The fourth-order valence-electron chi connectivity index (χ4n) is 2.03. The summed E-state index contributed by atoms with van der Waals surface area (Å²) in [6.07, 6.45) is 0.901. The molecule has 0 aliphatic carbocycles. The Morgan fingerprint density at radius 2 is 2.24 bits per heavy atom. The number of nitrogens with two attached hydrogens (primary N) is 1. The highest BCUT2D eigenvalue weighted by Gasteiger charge is 2.17. The summed E-state index contributed by atoms with van der Waals surface area (Å²) in [6, 6.07) is 7.62. The van der Waals surface area contributed by atoms with Crippen LogP contribution in [-0.2, 0) is 11.2 Å². The molecular formula is C15H19N3O2S. The van der Waals surface area contributed by atoms with Crippen molar-refractivity contribution < 1.29 is 9.53 Å². The van der Waals surface area contributed by atoms with E-state index in [9.17, 15) is 4.79 Å². The van der Waals surface area contributed by atoms with Crippen molar-refractivity contribution >= 4 is 28.8 Å². The molecule has 0 spiro atoms. The summed E-state index contributed by atoms with van der Waals surface area (Å²) < 4.78 is 4.70. The maximum atomic E-state index is 11.6. The molecule has 0 radical (unpaired) electrons. The topological polar surface area (TPSA) is 68.5 Å². The smallest absolute Gasteiger partial charge is 0.356 e. The molecule has 1 unspecified atom stereocenters. The highest BCUT2D eigenvalue weighted by atomic mass is 32.1. The zero-order valence-electron chi connectivity index (χ0n) is 12.4. The lowest BCUT2D eigenvalue weighted by atomic mass is 10.2. The van der Waals surface area contributed by atoms with Crippen LogP contribution in [0.1, 0.15) is 22.3 Å². The van der Waals surface area contributed by atoms with Crippen LogP contribution in [0.15, 0.2) is 29.6 Å². The number of ether oxygens (including phenoxy) is 1. The maximum Gasteiger partial charge on any atom is 0.356 e. The van der Waals surface area contributed by atoms with Crippen LogP contribution in [0.25, 0.3) is 0 Å². The summed E-state index contributed by atoms with van der Waals surface area (Å²) in [4.78, 5) is 19.2. The van der Waals surface area contributed by atoms with Gasteiger partial charge < -0.3 is 15.4 Å². The molecule has 6 heteroatoms. The third kappa shape index (κ3) is 3.52. The molecule has 0 saturated carbocycles. The van der Waals surface area contributed by atoms with Gasteiger partial charge >= 0.3 is 5.97 Å². The zero-order chi connectivity index (χ0) is 15.4. The van der Waals surface area contributed by atoms with Gasteiger partial charge in [0, 0.05) is 24.4 Å². The highest BCUT2D eigenvalue weighted by molar-refractivity contribution is 7.09. The van der Waals surface area contributed by atoms with E-state index in [1.807, 2.05) is 18.0 Å². The number of esters is 1. The van der Waals surface area contributed by atoms with Crippen molar-refractivity contribution in [3.05, 3.63) is 40.2 Å². The molecule has 0 saturated heterocycles. The van der Waals surface area contributed by atoms with Gasteiger partial charge in [0.1, 0.15) is 0 Å². The predicted molar refractivity (Wildman–Crippen MR) is 85.9 cm³/mol. The van der Waals surface area contributed by atoms with E-state index in [0.717, 1.165) is 6.42 Å². The van der Waals surface area contributed by atoms with Crippen LogP contribution in [0.3, 0.4) is 0 Å². The van der Waals surface area contributed by atoms with Gasteiger partial charge in [-0.15, -0.1) is 11.3 Å². The third-order valence-electron chi connectivity index (χ3n) is 3.37. The van der Waals surface area contributed by atoms with Crippen LogP contribution >= 0.6 is 11.3 Å². The Bertz CT molecular complexity index is 613. The van der Waals surface area contributed by atoms with Crippen molar-refractivity contribution in [2.45, 2.75) is 19.4 Å². The first-order valence-corrected chi connectivity index (χ1v) is 7.51. The number of anilines is 2. The second kappa shape index (κ2) is 6.58. The summed E-state index contributed by atoms with van der Waals surface area (Å²) in [5.41, 5.74) is 6.80. The average Bonchev–Trinajstić information content (AvgIpc) is 2.99. The number of thiophene rings is 1. The molecule has 1 atom stereocenters. The van der Waals surface area contributed by atoms with E-state index in [4.69, 9.17) is 10.5 Å². The van der Waals surface area contributed by atoms with E-state index in [0.29, 0.717) is 11.5 Å². The number of methoxy groups -OCH3 is 1. The molecule has 0 aliphatic rings. The van der Waals surface area contributed by atoms with Crippen molar-refractivity contribution in [3.8, 4) is 0 Å².